The van der Waals surface area contributed by atoms with Crippen LogP contribution in [0.25, 0.3) is 11.4 Å². The van der Waals surface area contributed by atoms with E-state index in [1.54, 1.807) is 6.07 Å². The van der Waals surface area contributed by atoms with Crippen molar-refractivity contribution < 1.29 is 0 Å². The molecule has 0 unspecified atom stereocenters. The van der Waals surface area contributed by atoms with Crippen LogP contribution in [-0.4, -0.2) is 20.2 Å². The average Bonchev–Trinajstić information content (AvgIpc) is 2.64. The Labute approximate surface area is 96.9 Å². The van der Waals surface area contributed by atoms with E-state index >= 15 is 0 Å². The van der Waals surface area contributed by atoms with Crippen molar-refractivity contribution in [1.29, 1.82) is 0 Å². The first-order valence-electron chi connectivity index (χ1n) is 4.96. The van der Waals surface area contributed by atoms with Gasteiger partial charge in [-0.15, -0.1) is 0 Å². The average molecular weight is 236 g/mol. The van der Waals surface area contributed by atoms with Crippen LogP contribution in [0.3, 0.4) is 0 Å². The third-order valence-corrected chi connectivity index (χ3v) is 2.50. The Hall–Kier alpha value is -1.69. The minimum absolute atomic E-state index is 0.163. The molecule has 16 heavy (non-hydrogen) atoms. The Morgan fingerprint density at radius 3 is 2.56 bits per heavy atom. The molecule has 0 aliphatic heterocycles. The summed E-state index contributed by atoms with van der Waals surface area (Å²) in [5.41, 5.74) is 1.23. The molecule has 0 aromatic carbocycles. The second-order valence-electron chi connectivity index (χ2n) is 3.83. The molecule has 0 amide bonds. The molecular weight excluding hydrogens is 224 g/mol. The summed E-state index contributed by atoms with van der Waals surface area (Å²) >= 11 is 4.83. The standard InChI is InChI=1S/C10H12N4OS/c1-5(2)7-4-3-6(9(15)11-7)8-12-10(16)14-13-8/h3-5H,1-2H3,(H,11,15)(H2,12,13,14,16). The van der Waals surface area contributed by atoms with Gasteiger partial charge in [0.15, 0.2) is 5.82 Å². The fourth-order valence-corrected chi connectivity index (χ4v) is 1.55. The maximum absolute atomic E-state index is 11.8. The first kappa shape index (κ1) is 10.8. The molecule has 2 aromatic heterocycles. The number of aromatic nitrogens is 4. The molecule has 0 aliphatic rings. The lowest BCUT2D eigenvalue weighted by Crippen LogP contribution is -2.12. The Balaban J connectivity index is 2.52. The lowest BCUT2D eigenvalue weighted by molar-refractivity contribution is 0.816. The van der Waals surface area contributed by atoms with Crippen LogP contribution in [0.2, 0.25) is 0 Å². The van der Waals surface area contributed by atoms with E-state index in [4.69, 9.17) is 12.2 Å². The number of aromatic amines is 3. The van der Waals surface area contributed by atoms with Crippen molar-refractivity contribution in [3.8, 4) is 11.4 Å². The first-order valence-corrected chi connectivity index (χ1v) is 5.37. The molecule has 5 nitrogen and oxygen atoms in total. The highest BCUT2D eigenvalue weighted by Crippen LogP contribution is 2.13. The maximum Gasteiger partial charge on any atom is 0.259 e. The third kappa shape index (κ3) is 1.96. The van der Waals surface area contributed by atoms with Gasteiger partial charge in [-0.2, -0.15) is 4.98 Å². The fourth-order valence-electron chi connectivity index (χ4n) is 1.41. The first-order chi connectivity index (χ1) is 7.58. The van der Waals surface area contributed by atoms with Gasteiger partial charge >= 0.3 is 0 Å². The van der Waals surface area contributed by atoms with E-state index in [1.807, 2.05) is 19.9 Å². The van der Waals surface area contributed by atoms with Gasteiger partial charge in [-0.25, -0.2) is 0 Å². The molecule has 2 heterocycles. The molecule has 2 aromatic rings. The summed E-state index contributed by atoms with van der Waals surface area (Å²) in [4.78, 5) is 18.6. The van der Waals surface area contributed by atoms with Crippen molar-refractivity contribution in [3.05, 3.63) is 33.0 Å². The number of hydrogen-bond donors (Lipinski definition) is 3. The minimum atomic E-state index is -0.163. The normalized spacial score (nSPS) is 10.9. The van der Waals surface area contributed by atoms with E-state index in [1.165, 1.54) is 0 Å². The van der Waals surface area contributed by atoms with E-state index in [2.05, 4.69) is 20.2 Å². The van der Waals surface area contributed by atoms with Gasteiger partial charge in [0, 0.05) is 5.69 Å². The van der Waals surface area contributed by atoms with Gasteiger partial charge < -0.3 is 4.98 Å². The van der Waals surface area contributed by atoms with E-state index in [0.717, 1.165) is 5.69 Å². The zero-order valence-electron chi connectivity index (χ0n) is 9.00. The fraction of sp³-hybridized carbons (Fsp3) is 0.300. The van der Waals surface area contributed by atoms with Crippen molar-refractivity contribution in [1.82, 2.24) is 20.2 Å². The smallest absolute Gasteiger partial charge is 0.259 e. The van der Waals surface area contributed by atoms with Crippen molar-refractivity contribution in [3.63, 3.8) is 0 Å². The second-order valence-corrected chi connectivity index (χ2v) is 4.21. The van der Waals surface area contributed by atoms with E-state index in [-0.39, 0.29) is 5.56 Å². The van der Waals surface area contributed by atoms with E-state index < -0.39 is 0 Å². The lowest BCUT2D eigenvalue weighted by Gasteiger charge is -2.04. The molecule has 0 spiro atoms. The van der Waals surface area contributed by atoms with E-state index in [9.17, 15) is 4.79 Å². The minimum Gasteiger partial charge on any atom is -0.325 e. The van der Waals surface area contributed by atoms with Gasteiger partial charge in [0.05, 0.1) is 5.56 Å². The van der Waals surface area contributed by atoms with E-state index in [0.29, 0.717) is 22.1 Å². The molecule has 0 aliphatic carbocycles. The summed E-state index contributed by atoms with van der Waals surface area (Å²) in [5.74, 6) is 0.751. The Bertz CT molecular complexity index is 608. The maximum atomic E-state index is 11.8. The van der Waals surface area contributed by atoms with Gasteiger partial charge in [0.1, 0.15) is 0 Å². The molecule has 84 valence electrons. The number of hydrogen-bond acceptors (Lipinski definition) is 3. The van der Waals surface area contributed by atoms with Crippen LogP contribution >= 0.6 is 12.2 Å². The lowest BCUT2D eigenvalue weighted by atomic mass is 10.1. The van der Waals surface area contributed by atoms with Crippen LogP contribution in [0.1, 0.15) is 25.5 Å². The van der Waals surface area contributed by atoms with Gasteiger partial charge in [-0.05, 0) is 30.3 Å². The molecule has 0 bridgehead atoms. The SMILES string of the molecule is CC(C)c1ccc(-c2nc(=S)[nH][nH]2)c(=O)[nH]1. The molecule has 0 fully saturated rings. The highest BCUT2D eigenvalue weighted by molar-refractivity contribution is 7.71. The second kappa shape index (κ2) is 4.05. The highest BCUT2D eigenvalue weighted by Gasteiger charge is 2.08. The number of rotatable bonds is 2. The van der Waals surface area contributed by atoms with Crippen LogP contribution in [0.5, 0.6) is 0 Å². The molecule has 0 saturated carbocycles. The van der Waals surface area contributed by atoms with Crippen LogP contribution in [0.15, 0.2) is 16.9 Å². The van der Waals surface area contributed by atoms with Gasteiger partial charge in [0.2, 0.25) is 4.77 Å². The predicted octanol–water partition coefficient (Wildman–Crippen LogP) is 1.95. The third-order valence-electron chi connectivity index (χ3n) is 2.31. The van der Waals surface area contributed by atoms with Crippen LogP contribution < -0.4 is 5.56 Å². The summed E-state index contributed by atoms with van der Waals surface area (Å²) in [6, 6.07) is 3.63. The summed E-state index contributed by atoms with van der Waals surface area (Å²) < 4.78 is 0.335. The molecule has 3 N–H and O–H groups in total. The van der Waals surface area contributed by atoms with Crippen molar-refractivity contribution >= 4 is 12.2 Å². The molecule has 0 atom stereocenters. The summed E-state index contributed by atoms with van der Waals surface area (Å²) in [7, 11) is 0. The van der Waals surface area contributed by atoms with Crippen molar-refractivity contribution in [2.75, 3.05) is 0 Å². The highest BCUT2D eigenvalue weighted by atomic mass is 32.1. The van der Waals surface area contributed by atoms with Crippen LogP contribution in [0.4, 0.5) is 0 Å². The number of nitrogens with one attached hydrogen (secondary N) is 3. The molecule has 2 rings (SSSR count). The number of H-pyrrole nitrogens is 3. The van der Waals surface area contributed by atoms with Gasteiger partial charge in [-0.3, -0.25) is 15.0 Å². The summed E-state index contributed by atoms with van der Waals surface area (Å²) in [6.07, 6.45) is 0. The largest absolute Gasteiger partial charge is 0.325 e. The summed E-state index contributed by atoms with van der Waals surface area (Å²) in [6.45, 7) is 4.04. The van der Waals surface area contributed by atoms with Crippen molar-refractivity contribution in [2.45, 2.75) is 19.8 Å². The van der Waals surface area contributed by atoms with Crippen molar-refractivity contribution in [2.24, 2.45) is 0 Å². The summed E-state index contributed by atoms with van der Waals surface area (Å²) in [5, 5.41) is 5.41. The topological polar surface area (TPSA) is 77.3 Å². The number of nitrogens with zero attached hydrogens (tertiary/aromatic N) is 1. The monoisotopic (exact) mass is 236 g/mol. The molecular formula is C10H12N4OS. The van der Waals surface area contributed by atoms with Crippen LogP contribution in [0, 0.1) is 4.77 Å². The quantitative estimate of drug-likeness (QED) is 0.697. The van der Waals surface area contributed by atoms with Crippen LogP contribution in [-0.2, 0) is 0 Å². The Kier molecular flexibility index (Phi) is 2.74. The Morgan fingerprint density at radius 1 is 1.31 bits per heavy atom. The number of pyridine rings is 1. The predicted molar refractivity (Wildman–Crippen MR) is 63.9 cm³/mol. The molecule has 0 saturated heterocycles. The van der Waals surface area contributed by atoms with Gasteiger partial charge in [0.25, 0.3) is 5.56 Å². The molecule has 0 radical (unpaired) electrons. The molecule has 6 heteroatoms. The zero-order chi connectivity index (χ0) is 11.7. The van der Waals surface area contributed by atoms with Gasteiger partial charge in [-0.1, -0.05) is 13.8 Å². The zero-order valence-corrected chi connectivity index (χ0v) is 9.81. The Morgan fingerprint density at radius 2 is 2.06 bits per heavy atom.